The highest BCUT2D eigenvalue weighted by atomic mass is 79.9. The molecule has 0 aliphatic carbocycles. The number of nitrogens with zero attached hydrogens (tertiary/aromatic N) is 2. The van der Waals surface area contributed by atoms with Gasteiger partial charge in [-0.1, -0.05) is 0 Å². The van der Waals surface area contributed by atoms with Crippen LogP contribution in [0.25, 0.3) is 0 Å². The highest BCUT2D eigenvalue weighted by Crippen LogP contribution is 2.40. The van der Waals surface area contributed by atoms with Crippen molar-refractivity contribution in [1.82, 2.24) is 9.32 Å². The number of hydrogen-bond acceptors (Lipinski definition) is 1. The van der Waals surface area contributed by atoms with Gasteiger partial charge in [-0.3, -0.25) is 0 Å². The Kier molecular flexibility index (Phi) is 2.03. The molecule has 0 radical (unpaired) electrons. The quantitative estimate of drug-likeness (QED) is 0.624. The number of hydrogen-bond donors (Lipinski definition) is 0. The van der Waals surface area contributed by atoms with Gasteiger partial charge in [0.15, 0.2) is 0 Å². The lowest BCUT2D eigenvalue weighted by Gasteiger charge is -2.00. The minimum absolute atomic E-state index is 0.192. The van der Waals surface area contributed by atoms with Gasteiger partial charge in [0, 0.05) is 12.4 Å². The van der Waals surface area contributed by atoms with Crippen molar-refractivity contribution >= 4 is 22.3 Å². The van der Waals surface area contributed by atoms with Crippen LogP contribution in [0.3, 0.4) is 0 Å². The van der Waals surface area contributed by atoms with Gasteiger partial charge in [-0.15, -0.1) is 0 Å². The standard InChI is InChI=1S/C4H6BrN2P/c1-8(5)7-3-2-6-4-7/h2-4H,1H3. The fraction of sp³-hybridized carbons (Fsp3) is 0.250. The first-order valence-corrected chi connectivity index (χ1v) is 5.94. The third-order valence-electron chi connectivity index (χ3n) is 0.809. The molecule has 1 heterocycles. The van der Waals surface area contributed by atoms with Crippen LogP contribution in [-0.2, 0) is 0 Å². The number of aromatic nitrogens is 2. The Bertz CT molecular complexity index is 149. The van der Waals surface area contributed by atoms with Crippen LogP contribution in [0.15, 0.2) is 18.7 Å². The summed E-state index contributed by atoms with van der Waals surface area (Å²) < 4.78 is 2.04. The van der Waals surface area contributed by atoms with Gasteiger partial charge in [-0.2, -0.15) is 0 Å². The molecule has 4 heteroatoms. The van der Waals surface area contributed by atoms with Crippen LogP contribution >= 0.6 is 22.3 Å². The van der Waals surface area contributed by atoms with E-state index >= 15 is 0 Å². The maximum absolute atomic E-state index is 3.89. The number of imidazole rings is 1. The van der Waals surface area contributed by atoms with Crippen LogP contribution in [0, 0.1) is 0 Å². The van der Waals surface area contributed by atoms with Gasteiger partial charge in [0.1, 0.15) is 0 Å². The number of rotatable bonds is 1. The van der Waals surface area contributed by atoms with E-state index in [1.54, 1.807) is 12.5 Å². The Morgan fingerprint density at radius 2 is 2.50 bits per heavy atom. The average molecular weight is 193 g/mol. The predicted octanol–water partition coefficient (Wildman–Crippen LogP) is 2.07. The summed E-state index contributed by atoms with van der Waals surface area (Å²) in [5.41, 5.74) is 0. The van der Waals surface area contributed by atoms with E-state index in [0.29, 0.717) is 0 Å². The summed E-state index contributed by atoms with van der Waals surface area (Å²) >= 11 is 3.45. The summed E-state index contributed by atoms with van der Waals surface area (Å²) in [6.07, 6.45) is 5.53. The predicted molar refractivity (Wildman–Crippen MR) is 39.4 cm³/mol. The van der Waals surface area contributed by atoms with Crippen molar-refractivity contribution in [3.05, 3.63) is 18.7 Å². The summed E-state index contributed by atoms with van der Waals surface area (Å²) in [5.74, 6) is 0. The molecule has 0 fully saturated rings. The molecule has 0 aliphatic heterocycles. The molecule has 0 spiro atoms. The highest BCUT2D eigenvalue weighted by molar-refractivity contribution is 9.39. The topological polar surface area (TPSA) is 17.8 Å². The lowest BCUT2D eigenvalue weighted by Crippen LogP contribution is -1.76. The van der Waals surface area contributed by atoms with Crippen LogP contribution in [0.1, 0.15) is 0 Å². The molecular formula is C4H6BrN2P. The van der Waals surface area contributed by atoms with Gasteiger partial charge >= 0.3 is 0 Å². The van der Waals surface area contributed by atoms with E-state index in [9.17, 15) is 0 Å². The Morgan fingerprint density at radius 3 is 2.75 bits per heavy atom. The smallest absolute Gasteiger partial charge is 0.0985 e. The second-order valence-electron chi connectivity index (χ2n) is 1.39. The summed E-state index contributed by atoms with van der Waals surface area (Å²) in [4.78, 5) is 3.89. The molecule has 0 aromatic carbocycles. The fourth-order valence-corrected chi connectivity index (χ4v) is 1.42. The van der Waals surface area contributed by atoms with Gasteiger partial charge in [-0.25, -0.2) is 4.98 Å². The molecule has 8 heavy (non-hydrogen) atoms. The van der Waals surface area contributed by atoms with E-state index < -0.39 is 0 Å². The zero-order valence-electron chi connectivity index (χ0n) is 4.45. The lowest BCUT2D eigenvalue weighted by molar-refractivity contribution is 1.22. The molecule has 1 rings (SSSR count). The molecule has 0 saturated heterocycles. The van der Waals surface area contributed by atoms with Crippen molar-refractivity contribution in [3.63, 3.8) is 0 Å². The fourth-order valence-electron chi connectivity index (χ4n) is 0.415. The van der Waals surface area contributed by atoms with Gasteiger partial charge in [0.25, 0.3) is 0 Å². The molecule has 0 aliphatic rings. The molecule has 0 bridgehead atoms. The van der Waals surface area contributed by atoms with Crippen molar-refractivity contribution in [3.8, 4) is 0 Å². The van der Waals surface area contributed by atoms with E-state index in [0.717, 1.165) is 0 Å². The molecule has 1 unspecified atom stereocenters. The summed E-state index contributed by atoms with van der Waals surface area (Å²) in [6, 6.07) is 0. The molecule has 0 amide bonds. The second kappa shape index (κ2) is 2.60. The van der Waals surface area contributed by atoms with E-state index in [4.69, 9.17) is 0 Å². The van der Waals surface area contributed by atoms with Crippen molar-refractivity contribution in [2.24, 2.45) is 0 Å². The van der Waals surface area contributed by atoms with Gasteiger partial charge in [0.05, 0.1) is 13.1 Å². The third-order valence-corrected chi connectivity index (χ3v) is 2.78. The number of halogens is 1. The molecule has 0 N–H and O–H groups in total. The van der Waals surface area contributed by atoms with E-state index in [-0.39, 0.29) is 6.77 Å². The first-order valence-electron chi connectivity index (χ1n) is 2.18. The Hall–Kier alpha value is 0.120. The first-order chi connectivity index (χ1) is 3.80. The van der Waals surface area contributed by atoms with Gasteiger partial charge < -0.3 is 4.34 Å². The Balaban J connectivity index is 2.77. The molecule has 2 nitrogen and oxygen atoms in total. The highest BCUT2D eigenvalue weighted by Gasteiger charge is 1.93. The normalized spacial score (nSPS) is 13.8. The summed E-state index contributed by atoms with van der Waals surface area (Å²) in [6.45, 7) is 1.92. The van der Waals surface area contributed by atoms with Crippen molar-refractivity contribution in [1.29, 1.82) is 0 Å². The maximum Gasteiger partial charge on any atom is 0.0985 e. The van der Waals surface area contributed by atoms with Crippen LogP contribution < -0.4 is 0 Å². The monoisotopic (exact) mass is 192 g/mol. The Morgan fingerprint density at radius 1 is 1.75 bits per heavy atom. The minimum Gasteiger partial charge on any atom is -0.306 e. The van der Waals surface area contributed by atoms with Crippen LogP contribution in [0.4, 0.5) is 0 Å². The zero-order valence-corrected chi connectivity index (χ0v) is 6.93. The maximum atomic E-state index is 3.89. The van der Waals surface area contributed by atoms with Gasteiger partial charge in [-0.05, 0) is 22.2 Å². The van der Waals surface area contributed by atoms with Gasteiger partial charge in [0.2, 0.25) is 0 Å². The molecule has 1 aromatic heterocycles. The van der Waals surface area contributed by atoms with Crippen molar-refractivity contribution in [2.45, 2.75) is 0 Å². The molecule has 0 saturated carbocycles. The van der Waals surface area contributed by atoms with Crippen molar-refractivity contribution < 1.29 is 0 Å². The summed E-state index contributed by atoms with van der Waals surface area (Å²) in [7, 11) is 0. The third kappa shape index (κ3) is 1.30. The first kappa shape index (κ1) is 6.24. The molecule has 1 atom stereocenters. The van der Waals surface area contributed by atoms with Crippen LogP contribution in [0.2, 0.25) is 0 Å². The SMILES string of the molecule is CP(Br)n1ccnc1. The van der Waals surface area contributed by atoms with E-state index in [1.165, 1.54) is 0 Å². The van der Waals surface area contributed by atoms with E-state index in [1.807, 2.05) is 10.5 Å². The molecular weight excluding hydrogens is 187 g/mol. The lowest BCUT2D eigenvalue weighted by atomic mass is 11.0. The second-order valence-corrected chi connectivity index (χ2v) is 5.82. The molecule has 1 aromatic rings. The average Bonchev–Trinajstić information content (AvgIpc) is 2.12. The molecule has 44 valence electrons. The largest absolute Gasteiger partial charge is 0.306 e. The Labute approximate surface area is 57.5 Å². The van der Waals surface area contributed by atoms with Crippen LogP contribution in [0.5, 0.6) is 0 Å². The summed E-state index contributed by atoms with van der Waals surface area (Å²) in [5, 5.41) is 0. The van der Waals surface area contributed by atoms with Crippen molar-refractivity contribution in [2.75, 3.05) is 6.66 Å². The minimum atomic E-state index is -0.192. The zero-order chi connectivity index (χ0) is 5.98. The van der Waals surface area contributed by atoms with Crippen LogP contribution in [-0.4, -0.2) is 16.0 Å². The van der Waals surface area contributed by atoms with E-state index in [2.05, 4.69) is 27.1 Å².